The number of nitrogens with one attached hydrogen (secondary N) is 1. The molecule has 1 aromatic rings. The van der Waals surface area contributed by atoms with E-state index in [1.54, 1.807) is 0 Å². The largest absolute Gasteiger partial charge is 0.394 e. The number of anilines is 2. The second kappa shape index (κ2) is 8.93. The van der Waals surface area contributed by atoms with Crippen LogP contribution >= 0.6 is 0 Å². The number of aromatic nitrogens is 2. The summed E-state index contributed by atoms with van der Waals surface area (Å²) in [6, 6.07) is 0.412. The highest BCUT2D eigenvalue weighted by atomic mass is 15.3. The third kappa shape index (κ3) is 5.23. The fourth-order valence-electron chi connectivity index (χ4n) is 2.59. The van der Waals surface area contributed by atoms with Crippen molar-refractivity contribution in [2.45, 2.75) is 66.5 Å². The first-order valence-corrected chi connectivity index (χ1v) is 8.35. The zero-order valence-electron chi connectivity index (χ0n) is 14.4. The minimum Gasteiger partial charge on any atom is -0.394 e. The number of nitrogens with two attached hydrogens (primary N) is 1. The standard InChI is InChI=1S/C16H33N5/c1-6-11-21-16(15(17)14(5)19-21)18-13(4)10-9-12-20(7-2)8-3/h13,18H,6-12,17H2,1-5H3. The van der Waals surface area contributed by atoms with Crippen LogP contribution in [0.5, 0.6) is 0 Å². The van der Waals surface area contributed by atoms with Crippen LogP contribution in [0.1, 0.15) is 52.7 Å². The first-order chi connectivity index (χ1) is 10.0. The Hall–Kier alpha value is -1.23. The average molecular weight is 295 g/mol. The quantitative estimate of drug-likeness (QED) is 0.696. The molecule has 0 aromatic carbocycles. The molecule has 0 radical (unpaired) electrons. The Labute approximate surface area is 129 Å². The molecule has 0 saturated heterocycles. The average Bonchev–Trinajstić information content (AvgIpc) is 2.72. The summed E-state index contributed by atoms with van der Waals surface area (Å²) in [5, 5.41) is 8.06. The number of nitrogens with zero attached hydrogens (tertiary/aromatic N) is 3. The van der Waals surface area contributed by atoms with Gasteiger partial charge in [0.2, 0.25) is 0 Å². The molecule has 0 fully saturated rings. The fraction of sp³-hybridized carbons (Fsp3) is 0.812. The van der Waals surface area contributed by atoms with E-state index in [2.05, 4.69) is 43.0 Å². The summed E-state index contributed by atoms with van der Waals surface area (Å²) in [6.45, 7) is 15.1. The van der Waals surface area contributed by atoms with Crippen molar-refractivity contribution >= 4 is 11.5 Å². The van der Waals surface area contributed by atoms with Crippen LogP contribution in [0, 0.1) is 6.92 Å². The van der Waals surface area contributed by atoms with Crippen molar-refractivity contribution in [3.63, 3.8) is 0 Å². The van der Waals surface area contributed by atoms with E-state index < -0.39 is 0 Å². The smallest absolute Gasteiger partial charge is 0.148 e. The summed E-state index contributed by atoms with van der Waals surface area (Å²) in [7, 11) is 0. The SMILES string of the molecule is CCCn1nc(C)c(N)c1NC(C)CCCN(CC)CC. The van der Waals surface area contributed by atoms with Gasteiger partial charge in [-0.1, -0.05) is 20.8 Å². The maximum Gasteiger partial charge on any atom is 0.148 e. The van der Waals surface area contributed by atoms with Crippen LogP contribution in [-0.2, 0) is 6.54 Å². The highest BCUT2D eigenvalue weighted by Crippen LogP contribution is 2.23. The van der Waals surface area contributed by atoms with E-state index in [0.29, 0.717) is 6.04 Å². The van der Waals surface area contributed by atoms with Gasteiger partial charge in [0.25, 0.3) is 0 Å². The second-order valence-electron chi connectivity index (χ2n) is 5.79. The van der Waals surface area contributed by atoms with Crippen LogP contribution in [0.4, 0.5) is 11.5 Å². The predicted molar refractivity (Wildman–Crippen MR) is 91.8 cm³/mol. The van der Waals surface area contributed by atoms with E-state index in [-0.39, 0.29) is 0 Å². The Balaban J connectivity index is 2.52. The Morgan fingerprint density at radius 1 is 1.29 bits per heavy atom. The summed E-state index contributed by atoms with van der Waals surface area (Å²) >= 11 is 0. The Morgan fingerprint density at radius 3 is 2.52 bits per heavy atom. The highest BCUT2D eigenvalue weighted by Gasteiger charge is 2.14. The molecule has 1 aromatic heterocycles. The molecule has 1 atom stereocenters. The van der Waals surface area contributed by atoms with E-state index in [0.717, 1.165) is 49.7 Å². The maximum absolute atomic E-state index is 6.15. The number of rotatable bonds is 10. The minimum absolute atomic E-state index is 0.412. The third-order valence-electron chi connectivity index (χ3n) is 4.00. The molecule has 5 nitrogen and oxygen atoms in total. The number of hydrogen-bond acceptors (Lipinski definition) is 4. The molecule has 0 saturated carbocycles. The molecule has 1 heterocycles. The molecule has 0 aliphatic heterocycles. The summed E-state index contributed by atoms with van der Waals surface area (Å²) in [5.41, 5.74) is 7.86. The van der Waals surface area contributed by atoms with Crippen molar-refractivity contribution in [3.05, 3.63) is 5.69 Å². The minimum atomic E-state index is 0.412. The van der Waals surface area contributed by atoms with E-state index in [1.807, 2.05) is 11.6 Å². The van der Waals surface area contributed by atoms with Crippen LogP contribution in [0.25, 0.3) is 0 Å². The third-order valence-corrected chi connectivity index (χ3v) is 4.00. The van der Waals surface area contributed by atoms with Gasteiger partial charge in [0.15, 0.2) is 0 Å². The number of hydrogen-bond donors (Lipinski definition) is 2. The molecule has 0 amide bonds. The highest BCUT2D eigenvalue weighted by molar-refractivity contribution is 5.65. The van der Waals surface area contributed by atoms with Gasteiger partial charge in [-0.05, 0) is 52.7 Å². The lowest BCUT2D eigenvalue weighted by Crippen LogP contribution is -2.26. The number of aryl methyl sites for hydroxylation is 2. The monoisotopic (exact) mass is 295 g/mol. The normalized spacial score (nSPS) is 12.9. The fourth-order valence-corrected chi connectivity index (χ4v) is 2.59. The van der Waals surface area contributed by atoms with Crippen molar-refractivity contribution in [2.75, 3.05) is 30.7 Å². The van der Waals surface area contributed by atoms with Gasteiger partial charge in [0, 0.05) is 12.6 Å². The van der Waals surface area contributed by atoms with Crippen LogP contribution < -0.4 is 11.1 Å². The molecule has 3 N–H and O–H groups in total. The first kappa shape index (κ1) is 17.8. The Bertz CT molecular complexity index is 409. The molecule has 0 aliphatic rings. The molecular formula is C16H33N5. The van der Waals surface area contributed by atoms with E-state index in [4.69, 9.17) is 5.73 Å². The molecule has 0 bridgehead atoms. The molecular weight excluding hydrogens is 262 g/mol. The zero-order valence-corrected chi connectivity index (χ0v) is 14.4. The van der Waals surface area contributed by atoms with Crippen LogP contribution in [0.3, 0.4) is 0 Å². The van der Waals surface area contributed by atoms with Gasteiger partial charge in [0.1, 0.15) is 5.82 Å². The van der Waals surface area contributed by atoms with E-state index in [9.17, 15) is 0 Å². The molecule has 1 rings (SSSR count). The second-order valence-corrected chi connectivity index (χ2v) is 5.79. The van der Waals surface area contributed by atoms with Crippen molar-refractivity contribution in [1.29, 1.82) is 0 Å². The summed E-state index contributed by atoms with van der Waals surface area (Å²) in [6.07, 6.45) is 3.41. The lowest BCUT2D eigenvalue weighted by Gasteiger charge is -2.20. The number of nitrogen functional groups attached to an aromatic ring is 1. The zero-order chi connectivity index (χ0) is 15.8. The van der Waals surface area contributed by atoms with Crippen molar-refractivity contribution < 1.29 is 0 Å². The van der Waals surface area contributed by atoms with Gasteiger partial charge in [-0.3, -0.25) is 0 Å². The molecule has 0 spiro atoms. The van der Waals surface area contributed by atoms with Gasteiger partial charge in [-0.2, -0.15) is 5.10 Å². The molecule has 1 unspecified atom stereocenters. The van der Waals surface area contributed by atoms with Crippen LogP contribution in [0.15, 0.2) is 0 Å². The van der Waals surface area contributed by atoms with Crippen LogP contribution in [-0.4, -0.2) is 40.4 Å². The predicted octanol–water partition coefficient (Wildman–Crippen LogP) is 3.11. The maximum atomic E-state index is 6.15. The van der Waals surface area contributed by atoms with Crippen molar-refractivity contribution in [3.8, 4) is 0 Å². The Morgan fingerprint density at radius 2 is 1.95 bits per heavy atom. The summed E-state index contributed by atoms with van der Waals surface area (Å²) < 4.78 is 2.01. The Kier molecular flexibility index (Phi) is 7.57. The van der Waals surface area contributed by atoms with Gasteiger partial charge in [0.05, 0.1) is 11.4 Å². The molecule has 21 heavy (non-hydrogen) atoms. The summed E-state index contributed by atoms with van der Waals surface area (Å²) in [4.78, 5) is 2.46. The van der Waals surface area contributed by atoms with E-state index in [1.165, 1.54) is 13.0 Å². The van der Waals surface area contributed by atoms with E-state index >= 15 is 0 Å². The van der Waals surface area contributed by atoms with Crippen LogP contribution in [0.2, 0.25) is 0 Å². The van der Waals surface area contributed by atoms with Crippen molar-refractivity contribution in [2.24, 2.45) is 0 Å². The first-order valence-electron chi connectivity index (χ1n) is 8.35. The van der Waals surface area contributed by atoms with Crippen molar-refractivity contribution in [1.82, 2.24) is 14.7 Å². The van der Waals surface area contributed by atoms with Gasteiger partial charge >= 0.3 is 0 Å². The lowest BCUT2D eigenvalue weighted by molar-refractivity contribution is 0.295. The molecule has 5 heteroatoms. The molecule has 122 valence electrons. The van der Waals surface area contributed by atoms with Gasteiger partial charge in [-0.25, -0.2) is 4.68 Å². The topological polar surface area (TPSA) is 59.1 Å². The van der Waals surface area contributed by atoms with Gasteiger partial charge in [-0.15, -0.1) is 0 Å². The molecule has 0 aliphatic carbocycles. The lowest BCUT2D eigenvalue weighted by atomic mass is 10.1. The summed E-state index contributed by atoms with van der Waals surface area (Å²) in [5.74, 6) is 0.990. The van der Waals surface area contributed by atoms with Gasteiger partial charge < -0.3 is 16.0 Å².